The molecule has 0 amide bonds. The van der Waals surface area contributed by atoms with Gasteiger partial charge in [-0.1, -0.05) is 84.0 Å². The first-order chi connectivity index (χ1) is 13.7. The van der Waals surface area contributed by atoms with Crippen molar-refractivity contribution in [2.45, 2.75) is 110 Å². The summed E-state index contributed by atoms with van der Waals surface area (Å²) in [5.41, 5.74) is 1.36. The van der Waals surface area contributed by atoms with E-state index in [0.29, 0.717) is 0 Å². The second-order valence-electron chi connectivity index (χ2n) is 7.53. The van der Waals surface area contributed by atoms with Crippen molar-refractivity contribution in [3.05, 3.63) is 35.5 Å². The van der Waals surface area contributed by atoms with Crippen molar-refractivity contribution in [3.8, 4) is 6.19 Å². The first kappa shape index (κ1) is 26.0. The predicted octanol–water partition coefficient (Wildman–Crippen LogP) is 6.97. The average molecular weight is 385 g/mol. The number of nitrogens with zero attached hydrogens (tertiary/aromatic N) is 4. The summed E-state index contributed by atoms with van der Waals surface area (Å²) < 4.78 is 2.33. The van der Waals surface area contributed by atoms with E-state index in [9.17, 15) is 0 Å². The van der Waals surface area contributed by atoms with Crippen molar-refractivity contribution in [3.63, 3.8) is 0 Å². The SMILES string of the molecule is CCCCCCCCCCCCCCCC[n+]1cccc(C)c1.N#CN=C=[N-]. The van der Waals surface area contributed by atoms with Gasteiger partial charge in [-0.05, 0) is 19.4 Å². The smallest absolute Gasteiger partial charge is 0.171 e. The quantitative estimate of drug-likeness (QED) is 0.139. The van der Waals surface area contributed by atoms with E-state index in [1.807, 2.05) is 0 Å². The minimum absolute atomic E-state index is 1.18. The molecular formula is C24H40N4. The van der Waals surface area contributed by atoms with Crippen LogP contribution in [0.25, 0.3) is 5.41 Å². The van der Waals surface area contributed by atoms with Crippen LogP contribution in [-0.2, 0) is 6.54 Å². The Morgan fingerprint density at radius 2 is 1.39 bits per heavy atom. The summed E-state index contributed by atoms with van der Waals surface area (Å²) in [6.45, 7) is 5.64. The number of pyridine rings is 1. The lowest BCUT2D eigenvalue weighted by molar-refractivity contribution is -0.697. The van der Waals surface area contributed by atoms with Crippen LogP contribution in [0.3, 0.4) is 0 Å². The van der Waals surface area contributed by atoms with Crippen molar-refractivity contribution < 1.29 is 4.57 Å². The highest BCUT2D eigenvalue weighted by molar-refractivity contribution is 5.46. The fourth-order valence-corrected chi connectivity index (χ4v) is 3.30. The van der Waals surface area contributed by atoms with Crippen LogP contribution in [0.1, 0.15) is 102 Å². The second kappa shape index (κ2) is 21.3. The Labute approximate surface area is 173 Å². The van der Waals surface area contributed by atoms with E-state index in [2.05, 4.69) is 47.9 Å². The molecule has 1 rings (SSSR count). The molecule has 0 N–H and O–H groups in total. The highest BCUT2D eigenvalue weighted by Crippen LogP contribution is 2.12. The van der Waals surface area contributed by atoms with E-state index in [-0.39, 0.29) is 0 Å². The molecule has 0 bridgehead atoms. The number of aryl methyl sites for hydroxylation is 2. The Bertz CT molecular complexity index is 556. The summed E-state index contributed by atoms with van der Waals surface area (Å²) in [4.78, 5) is 2.58. The summed E-state index contributed by atoms with van der Waals surface area (Å²) in [5.74, 6) is 0. The second-order valence-corrected chi connectivity index (χ2v) is 7.53. The first-order valence-electron chi connectivity index (χ1n) is 11.2. The molecule has 1 heterocycles. The van der Waals surface area contributed by atoms with E-state index in [1.165, 1.54) is 114 Å². The van der Waals surface area contributed by atoms with Crippen LogP contribution in [0.2, 0.25) is 0 Å². The minimum atomic E-state index is 1.18. The zero-order chi connectivity index (χ0) is 20.7. The average Bonchev–Trinajstić information content (AvgIpc) is 2.69. The molecule has 0 saturated heterocycles. The third-order valence-electron chi connectivity index (χ3n) is 4.88. The van der Waals surface area contributed by atoms with Gasteiger partial charge in [-0.3, -0.25) is 0 Å². The van der Waals surface area contributed by atoms with Crippen molar-refractivity contribution in [2.75, 3.05) is 0 Å². The number of aromatic nitrogens is 1. The lowest BCUT2D eigenvalue weighted by Crippen LogP contribution is -2.32. The number of nitriles is 1. The Hall–Kier alpha value is -1.98. The van der Waals surface area contributed by atoms with Crippen LogP contribution in [0.15, 0.2) is 29.5 Å². The van der Waals surface area contributed by atoms with Gasteiger partial charge in [-0.2, -0.15) is 5.26 Å². The zero-order valence-corrected chi connectivity index (χ0v) is 18.2. The summed E-state index contributed by atoms with van der Waals surface area (Å²) in [6, 6.07) is 5.60. The minimum Gasteiger partial charge on any atom is -0.422 e. The highest BCUT2D eigenvalue weighted by atomic mass is 14.9. The molecule has 1 aromatic heterocycles. The van der Waals surface area contributed by atoms with Gasteiger partial charge in [0.05, 0.1) is 6.19 Å². The Morgan fingerprint density at radius 1 is 0.893 bits per heavy atom. The predicted molar refractivity (Wildman–Crippen MR) is 118 cm³/mol. The normalized spacial score (nSPS) is 9.75. The molecule has 1 aromatic rings. The molecule has 0 aliphatic carbocycles. The van der Waals surface area contributed by atoms with E-state index in [1.54, 1.807) is 0 Å². The molecule has 0 unspecified atom stereocenters. The van der Waals surface area contributed by atoms with Gasteiger partial charge in [0.2, 0.25) is 0 Å². The number of rotatable bonds is 15. The molecule has 28 heavy (non-hydrogen) atoms. The van der Waals surface area contributed by atoms with Gasteiger partial charge in [0, 0.05) is 18.1 Å². The maximum Gasteiger partial charge on any atom is 0.171 e. The van der Waals surface area contributed by atoms with Crippen LogP contribution in [-0.4, -0.2) is 6.01 Å². The molecule has 0 atom stereocenters. The van der Waals surface area contributed by atoms with E-state index >= 15 is 0 Å². The molecule has 4 heteroatoms. The van der Waals surface area contributed by atoms with Gasteiger partial charge >= 0.3 is 0 Å². The number of aliphatic imine (C=N–C) groups is 1. The number of hydrogen-bond donors (Lipinski definition) is 0. The lowest BCUT2D eigenvalue weighted by Gasteiger charge is -2.03. The Balaban J connectivity index is 0.00000129. The van der Waals surface area contributed by atoms with Gasteiger partial charge < -0.3 is 10.4 Å². The van der Waals surface area contributed by atoms with Crippen LogP contribution in [0, 0.1) is 18.4 Å². The summed E-state index contributed by atoms with van der Waals surface area (Å²) >= 11 is 0. The summed E-state index contributed by atoms with van der Waals surface area (Å²) in [6.07, 6.45) is 25.8. The maximum atomic E-state index is 7.43. The number of unbranched alkanes of at least 4 members (excludes halogenated alkanes) is 13. The third kappa shape index (κ3) is 18.8. The summed E-state index contributed by atoms with van der Waals surface area (Å²) in [7, 11) is 0. The Morgan fingerprint density at radius 3 is 1.79 bits per heavy atom. The zero-order valence-electron chi connectivity index (χ0n) is 18.2. The standard InChI is InChI=1S/C22H40N.C2N3/c1-3-4-5-6-7-8-9-10-11-12-13-14-15-16-19-23-20-17-18-22(2)21-23;3-1-5-2-4/h17-18,20-21H,3-16,19H2,1-2H3;/q+1;-1. The first-order valence-corrected chi connectivity index (χ1v) is 11.2. The monoisotopic (exact) mass is 384 g/mol. The molecule has 0 aliphatic rings. The molecule has 0 aromatic carbocycles. The van der Waals surface area contributed by atoms with Gasteiger partial charge in [0.25, 0.3) is 0 Å². The molecule has 0 saturated carbocycles. The van der Waals surface area contributed by atoms with E-state index in [4.69, 9.17) is 10.7 Å². The largest absolute Gasteiger partial charge is 0.422 e. The van der Waals surface area contributed by atoms with Crippen LogP contribution >= 0.6 is 0 Å². The topological polar surface area (TPSA) is 62.3 Å². The van der Waals surface area contributed by atoms with Crippen LogP contribution < -0.4 is 4.57 Å². The van der Waals surface area contributed by atoms with Gasteiger partial charge in [-0.15, -0.1) is 6.01 Å². The maximum absolute atomic E-state index is 7.43. The molecule has 0 spiro atoms. The number of hydrogen-bond acceptors (Lipinski definition) is 2. The Kier molecular flexibility index (Phi) is 19.8. The lowest BCUT2D eigenvalue weighted by atomic mass is 10.0. The van der Waals surface area contributed by atoms with Crippen molar-refractivity contribution >= 4 is 6.01 Å². The molecule has 0 radical (unpaired) electrons. The van der Waals surface area contributed by atoms with Crippen molar-refractivity contribution in [1.82, 2.24) is 0 Å². The molecule has 0 aliphatic heterocycles. The highest BCUT2D eigenvalue weighted by Gasteiger charge is 2.00. The fraction of sp³-hybridized carbons (Fsp3) is 0.708. The van der Waals surface area contributed by atoms with E-state index in [0.717, 1.165) is 0 Å². The molecule has 4 nitrogen and oxygen atoms in total. The molecule has 156 valence electrons. The fourth-order valence-electron chi connectivity index (χ4n) is 3.30. The van der Waals surface area contributed by atoms with Gasteiger partial charge in [0.1, 0.15) is 6.54 Å². The summed E-state index contributed by atoms with van der Waals surface area (Å²) in [5, 5.41) is 14.9. The van der Waals surface area contributed by atoms with Crippen LogP contribution in [0.5, 0.6) is 0 Å². The van der Waals surface area contributed by atoms with Crippen molar-refractivity contribution in [1.29, 1.82) is 5.26 Å². The van der Waals surface area contributed by atoms with Gasteiger partial charge in [-0.25, -0.2) is 4.57 Å². The molecular weight excluding hydrogens is 344 g/mol. The van der Waals surface area contributed by atoms with Crippen LogP contribution in [0.4, 0.5) is 0 Å². The van der Waals surface area contributed by atoms with Crippen molar-refractivity contribution in [2.24, 2.45) is 4.99 Å². The van der Waals surface area contributed by atoms with E-state index < -0.39 is 0 Å². The molecule has 0 fully saturated rings. The third-order valence-corrected chi connectivity index (χ3v) is 4.88. The van der Waals surface area contributed by atoms with Gasteiger partial charge in [0.15, 0.2) is 12.4 Å².